The summed E-state index contributed by atoms with van der Waals surface area (Å²) in [7, 11) is 0. The zero-order valence-electron chi connectivity index (χ0n) is 8.49. The SMILES string of the molecule is O=C(/C=C/c1ccccc1)NC(=O)C(F)(F)F. The van der Waals surface area contributed by atoms with Crippen molar-refractivity contribution in [3.63, 3.8) is 0 Å². The Bertz CT molecular complexity index is 438. The minimum absolute atomic E-state index is 0.641. The van der Waals surface area contributed by atoms with Gasteiger partial charge in [-0.05, 0) is 11.6 Å². The number of hydrogen-bond donors (Lipinski definition) is 1. The molecule has 2 amide bonds. The second kappa shape index (κ2) is 5.29. The number of carbonyl (C=O) groups excluding carboxylic acids is 2. The van der Waals surface area contributed by atoms with Gasteiger partial charge in [0.25, 0.3) is 5.91 Å². The number of halogens is 3. The third-order valence-electron chi connectivity index (χ3n) is 1.72. The van der Waals surface area contributed by atoms with Crippen LogP contribution in [0.15, 0.2) is 36.4 Å². The fourth-order valence-electron chi connectivity index (χ4n) is 0.960. The Morgan fingerprint density at radius 2 is 1.71 bits per heavy atom. The van der Waals surface area contributed by atoms with Crippen LogP contribution in [0.4, 0.5) is 13.2 Å². The van der Waals surface area contributed by atoms with Gasteiger partial charge in [0.05, 0.1) is 0 Å². The van der Waals surface area contributed by atoms with E-state index in [4.69, 9.17) is 0 Å². The van der Waals surface area contributed by atoms with Crippen LogP contribution in [0.25, 0.3) is 6.08 Å². The first-order valence-electron chi connectivity index (χ1n) is 4.55. The molecule has 0 saturated heterocycles. The Balaban J connectivity index is 2.57. The summed E-state index contributed by atoms with van der Waals surface area (Å²) in [5, 5.41) is 1.20. The Labute approximate surface area is 94.9 Å². The lowest BCUT2D eigenvalue weighted by atomic mass is 10.2. The highest BCUT2D eigenvalue weighted by atomic mass is 19.4. The van der Waals surface area contributed by atoms with Crippen molar-refractivity contribution in [2.24, 2.45) is 0 Å². The molecule has 0 aliphatic rings. The van der Waals surface area contributed by atoms with E-state index in [-0.39, 0.29) is 0 Å². The molecule has 0 bridgehead atoms. The van der Waals surface area contributed by atoms with Crippen LogP contribution in [-0.4, -0.2) is 18.0 Å². The average Bonchev–Trinajstić information content (AvgIpc) is 2.26. The zero-order valence-corrected chi connectivity index (χ0v) is 8.49. The maximum atomic E-state index is 11.8. The lowest BCUT2D eigenvalue weighted by Crippen LogP contribution is -2.39. The molecule has 0 atom stereocenters. The van der Waals surface area contributed by atoms with E-state index in [1.165, 1.54) is 11.4 Å². The van der Waals surface area contributed by atoms with Gasteiger partial charge >= 0.3 is 12.1 Å². The summed E-state index contributed by atoms with van der Waals surface area (Å²) in [6.07, 6.45) is -2.89. The number of alkyl halides is 3. The Kier molecular flexibility index (Phi) is 4.03. The normalized spacial score (nSPS) is 11.5. The molecule has 0 aromatic heterocycles. The van der Waals surface area contributed by atoms with E-state index in [9.17, 15) is 22.8 Å². The van der Waals surface area contributed by atoms with Crippen LogP contribution in [-0.2, 0) is 9.59 Å². The molecule has 90 valence electrons. The van der Waals surface area contributed by atoms with Crippen LogP contribution in [0.5, 0.6) is 0 Å². The molecule has 0 saturated carbocycles. The first kappa shape index (κ1) is 13.0. The number of rotatable bonds is 2. The standard InChI is InChI=1S/C11H8F3NO2/c12-11(13,14)10(17)15-9(16)7-6-8-4-2-1-3-5-8/h1-7H,(H,15,16,17)/b7-6+. The molecular formula is C11H8F3NO2. The topological polar surface area (TPSA) is 46.2 Å². The van der Waals surface area contributed by atoms with Crippen molar-refractivity contribution in [2.45, 2.75) is 6.18 Å². The highest BCUT2D eigenvalue weighted by Gasteiger charge is 2.39. The van der Waals surface area contributed by atoms with Gasteiger partial charge in [0, 0.05) is 6.08 Å². The van der Waals surface area contributed by atoms with Gasteiger partial charge in [-0.3, -0.25) is 14.9 Å². The lowest BCUT2D eigenvalue weighted by Gasteiger charge is -2.03. The Morgan fingerprint density at radius 3 is 2.24 bits per heavy atom. The molecule has 1 N–H and O–H groups in total. The highest BCUT2D eigenvalue weighted by Crippen LogP contribution is 2.13. The van der Waals surface area contributed by atoms with Crippen molar-refractivity contribution in [1.29, 1.82) is 0 Å². The summed E-state index contributed by atoms with van der Waals surface area (Å²) < 4.78 is 35.4. The molecule has 1 aromatic rings. The first-order chi connectivity index (χ1) is 7.89. The second-order valence-electron chi connectivity index (χ2n) is 3.06. The van der Waals surface area contributed by atoms with Gasteiger partial charge in [-0.1, -0.05) is 30.3 Å². The van der Waals surface area contributed by atoms with E-state index in [0.29, 0.717) is 5.56 Å². The van der Waals surface area contributed by atoms with Crippen molar-refractivity contribution in [2.75, 3.05) is 0 Å². The molecule has 3 nitrogen and oxygen atoms in total. The fourth-order valence-corrected chi connectivity index (χ4v) is 0.960. The molecule has 0 spiro atoms. The molecule has 6 heteroatoms. The van der Waals surface area contributed by atoms with Crippen LogP contribution in [0.2, 0.25) is 0 Å². The van der Waals surface area contributed by atoms with Gasteiger partial charge in [-0.25, -0.2) is 0 Å². The molecule has 0 aliphatic carbocycles. The van der Waals surface area contributed by atoms with Gasteiger partial charge in [0.1, 0.15) is 0 Å². The van der Waals surface area contributed by atoms with Gasteiger partial charge in [-0.2, -0.15) is 13.2 Å². The molecular weight excluding hydrogens is 235 g/mol. The minimum Gasteiger partial charge on any atom is -0.285 e. The maximum Gasteiger partial charge on any atom is 0.471 e. The molecule has 0 unspecified atom stereocenters. The largest absolute Gasteiger partial charge is 0.471 e. The highest BCUT2D eigenvalue weighted by molar-refractivity contribution is 6.04. The van der Waals surface area contributed by atoms with Crippen molar-refractivity contribution < 1.29 is 22.8 Å². The smallest absolute Gasteiger partial charge is 0.285 e. The van der Waals surface area contributed by atoms with E-state index < -0.39 is 18.0 Å². The summed E-state index contributed by atoms with van der Waals surface area (Å²) in [5.74, 6) is -3.39. The second-order valence-corrected chi connectivity index (χ2v) is 3.06. The summed E-state index contributed by atoms with van der Waals surface area (Å²) in [5.41, 5.74) is 0.641. The minimum atomic E-state index is -5.06. The molecule has 0 heterocycles. The quantitative estimate of drug-likeness (QED) is 0.806. The van der Waals surface area contributed by atoms with E-state index in [0.717, 1.165) is 6.08 Å². The van der Waals surface area contributed by atoms with Gasteiger partial charge in [0.2, 0.25) is 0 Å². The zero-order chi connectivity index (χ0) is 12.9. The van der Waals surface area contributed by atoms with Gasteiger partial charge < -0.3 is 0 Å². The van der Waals surface area contributed by atoms with Crippen LogP contribution in [0.3, 0.4) is 0 Å². The molecule has 17 heavy (non-hydrogen) atoms. The number of amides is 2. The third-order valence-corrected chi connectivity index (χ3v) is 1.72. The van der Waals surface area contributed by atoms with Crippen molar-refractivity contribution in [1.82, 2.24) is 5.32 Å². The van der Waals surface area contributed by atoms with Crippen LogP contribution in [0.1, 0.15) is 5.56 Å². The fraction of sp³-hybridized carbons (Fsp3) is 0.0909. The third kappa shape index (κ3) is 4.50. The molecule has 1 rings (SSSR count). The number of benzene rings is 1. The number of imide groups is 1. The van der Waals surface area contributed by atoms with E-state index in [2.05, 4.69) is 0 Å². The summed E-state index contributed by atoms with van der Waals surface area (Å²) in [6, 6.07) is 8.49. The molecule has 0 radical (unpaired) electrons. The Hall–Kier alpha value is -2.11. The molecule has 0 aliphatic heterocycles. The predicted molar refractivity (Wildman–Crippen MR) is 54.7 cm³/mol. The summed E-state index contributed by atoms with van der Waals surface area (Å²) in [6.45, 7) is 0. The van der Waals surface area contributed by atoms with Crippen LogP contribution < -0.4 is 5.32 Å². The summed E-state index contributed by atoms with van der Waals surface area (Å²) >= 11 is 0. The van der Waals surface area contributed by atoms with Gasteiger partial charge in [-0.15, -0.1) is 0 Å². The van der Waals surface area contributed by atoms with E-state index in [1.54, 1.807) is 30.3 Å². The number of nitrogens with one attached hydrogen (secondary N) is 1. The molecule has 1 aromatic carbocycles. The summed E-state index contributed by atoms with van der Waals surface area (Å²) in [4.78, 5) is 21.4. The number of hydrogen-bond acceptors (Lipinski definition) is 2. The Morgan fingerprint density at radius 1 is 1.12 bits per heavy atom. The van der Waals surface area contributed by atoms with E-state index >= 15 is 0 Å². The maximum absolute atomic E-state index is 11.8. The predicted octanol–water partition coefficient (Wildman–Crippen LogP) is 1.90. The monoisotopic (exact) mass is 243 g/mol. The van der Waals surface area contributed by atoms with Crippen molar-refractivity contribution in [3.05, 3.63) is 42.0 Å². The van der Waals surface area contributed by atoms with Crippen LogP contribution >= 0.6 is 0 Å². The number of carbonyl (C=O) groups is 2. The van der Waals surface area contributed by atoms with Gasteiger partial charge in [0.15, 0.2) is 0 Å². The average molecular weight is 243 g/mol. The van der Waals surface area contributed by atoms with Crippen LogP contribution in [0, 0.1) is 0 Å². The molecule has 0 fully saturated rings. The van der Waals surface area contributed by atoms with Crippen molar-refractivity contribution in [3.8, 4) is 0 Å². The lowest BCUT2D eigenvalue weighted by molar-refractivity contribution is -0.174. The van der Waals surface area contributed by atoms with E-state index in [1.807, 2.05) is 0 Å². The van der Waals surface area contributed by atoms with Crippen molar-refractivity contribution >= 4 is 17.9 Å². The first-order valence-corrected chi connectivity index (χ1v) is 4.55.